The minimum absolute atomic E-state index is 0.140. The number of hydrogen-bond acceptors (Lipinski definition) is 8. The topological polar surface area (TPSA) is 110 Å². The molecule has 0 saturated carbocycles. The molecule has 3 aromatic rings. The van der Waals surface area contributed by atoms with E-state index in [9.17, 15) is 9.59 Å². The highest BCUT2D eigenvalue weighted by molar-refractivity contribution is 5.87. The van der Waals surface area contributed by atoms with Gasteiger partial charge in [-0.3, -0.25) is 10.2 Å². The molecule has 1 fully saturated rings. The number of ether oxygens (including phenoxy) is 4. The fourth-order valence-electron chi connectivity index (χ4n) is 6.61. The summed E-state index contributed by atoms with van der Waals surface area (Å²) in [6.07, 6.45) is 10.4. The van der Waals surface area contributed by atoms with Gasteiger partial charge in [0.15, 0.2) is 0 Å². The molecule has 0 spiro atoms. The Labute approximate surface area is 348 Å². The molecule has 10 nitrogen and oxygen atoms in total. The number of allylic oxidation sites excluding steroid dienone is 2. The molecule has 2 amide bonds. The lowest BCUT2D eigenvalue weighted by molar-refractivity contribution is 0.0661. The van der Waals surface area contributed by atoms with Crippen molar-refractivity contribution in [3.63, 3.8) is 0 Å². The number of nitrogens with zero attached hydrogens (tertiary/aromatic N) is 1. The number of fused-ring (bicyclic) bond motifs is 1. The van der Waals surface area contributed by atoms with E-state index in [4.69, 9.17) is 18.9 Å². The van der Waals surface area contributed by atoms with E-state index in [-0.39, 0.29) is 18.1 Å². The second-order valence-corrected chi connectivity index (χ2v) is 14.1. The molecular formula is C48H68N4O6. The lowest BCUT2D eigenvalue weighted by atomic mass is 10.0. The Morgan fingerprint density at radius 2 is 1.55 bits per heavy atom. The molecule has 0 aromatic heterocycles. The molecule has 2 unspecified atom stereocenters. The fraction of sp³-hybridized carbons (Fsp3) is 0.458. The van der Waals surface area contributed by atoms with Crippen LogP contribution in [0.5, 0.6) is 5.75 Å². The highest BCUT2D eigenvalue weighted by Gasteiger charge is 2.24. The summed E-state index contributed by atoms with van der Waals surface area (Å²) in [6.45, 7) is 21.0. The summed E-state index contributed by atoms with van der Waals surface area (Å²) in [5.74, 6) is 0.840. The van der Waals surface area contributed by atoms with Crippen molar-refractivity contribution in [2.45, 2.75) is 92.1 Å². The minimum atomic E-state index is -0.453. The van der Waals surface area contributed by atoms with Crippen LogP contribution in [0.4, 0.5) is 15.3 Å². The SMILES string of the molecule is C=CC.CC.CC(Cc1ccccc1)OC(=O)N1CCOC=C1/C=C1\CCCNCC1.CCOc1cc2c(cc1NC(=O)OCC(C)c1ccccc1)CCNCC2. The first-order chi connectivity index (χ1) is 28.3. The fourth-order valence-corrected chi connectivity index (χ4v) is 6.61. The number of hydrogen-bond donors (Lipinski definition) is 3. The quantitative estimate of drug-likeness (QED) is 0.174. The number of rotatable bonds is 10. The van der Waals surface area contributed by atoms with Gasteiger partial charge in [0.05, 0.1) is 31.1 Å². The van der Waals surface area contributed by atoms with Crippen molar-refractivity contribution in [2.75, 3.05) is 57.9 Å². The number of carbonyl (C=O) groups excluding carboxylic acids is 2. The summed E-state index contributed by atoms with van der Waals surface area (Å²) >= 11 is 0. The van der Waals surface area contributed by atoms with Crippen molar-refractivity contribution in [1.82, 2.24) is 15.5 Å². The van der Waals surface area contributed by atoms with E-state index in [2.05, 4.69) is 40.7 Å². The highest BCUT2D eigenvalue weighted by atomic mass is 16.6. The molecular weight excluding hydrogens is 729 g/mol. The summed E-state index contributed by atoms with van der Waals surface area (Å²) in [4.78, 5) is 26.7. The van der Waals surface area contributed by atoms with Crippen LogP contribution in [-0.4, -0.2) is 75.7 Å². The second kappa shape index (κ2) is 27.6. The highest BCUT2D eigenvalue weighted by Crippen LogP contribution is 2.31. The molecule has 0 aliphatic carbocycles. The van der Waals surface area contributed by atoms with Crippen molar-refractivity contribution in [3.8, 4) is 5.75 Å². The Balaban J connectivity index is 0.000000280. The molecule has 3 N–H and O–H groups in total. The molecule has 58 heavy (non-hydrogen) atoms. The molecule has 3 aromatic carbocycles. The maximum atomic E-state index is 12.7. The van der Waals surface area contributed by atoms with Crippen LogP contribution in [0.1, 0.15) is 89.0 Å². The van der Waals surface area contributed by atoms with Crippen LogP contribution < -0.4 is 20.7 Å². The molecule has 6 rings (SSSR count). The molecule has 3 heterocycles. The van der Waals surface area contributed by atoms with Gasteiger partial charge in [-0.2, -0.15) is 0 Å². The van der Waals surface area contributed by atoms with Crippen LogP contribution in [0, 0.1) is 0 Å². The van der Waals surface area contributed by atoms with Gasteiger partial charge in [0.2, 0.25) is 0 Å². The van der Waals surface area contributed by atoms with Crippen molar-refractivity contribution >= 4 is 17.9 Å². The Hall–Kier alpha value is -5.06. The van der Waals surface area contributed by atoms with Gasteiger partial charge in [0, 0.05) is 12.3 Å². The van der Waals surface area contributed by atoms with Crippen LogP contribution in [0.2, 0.25) is 0 Å². The third kappa shape index (κ3) is 16.8. The number of benzene rings is 3. The summed E-state index contributed by atoms with van der Waals surface area (Å²) in [5, 5.41) is 9.67. The van der Waals surface area contributed by atoms with E-state index >= 15 is 0 Å². The summed E-state index contributed by atoms with van der Waals surface area (Å²) in [7, 11) is 0. The van der Waals surface area contributed by atoms with E-state index in [0.29, 0.717) is 44.2 Å². The van der Waals surface area contributed by atoms with Crippen LogP contribution >= 0.6 is 0 Å². The molecule has 10 heteroatoms. The molecule has 2 atom stereocenters. The van der Waals surface area contributed by atoms with Crippen LogP contribution in [0.25, 0.3) is 0 Å². The summed E-state index contributed by atoms with van der Waals surface area (Å²) < 4.78 is 22.3. The van der Waals surface area contributed by atoms with E-state index in [1.54, 1.807) is 17.2 Å². The van der Waals surface area contributed by atoms with Gasteiger partial charge in [-0.1, -0.05) is 93.1 Å². The van der Waals surface area contributed by atoms with Crippen LogP contribution in [0.3, 0.4) is 0 Å². The second-order valence-electron chi connectivity index (χ2n) is 14.1. The maximum absolute atomic E-state index is 12.7. The standard InChI is InChI=1S/C22H28N2O3.C21H28N2O3.C3H6.C2H6/c1-3-26-21-14-19-10-12-23-11-9-18(19)13-20(21)24-22(25)27-15-16(2)17-7-5-4-6-8-17;1-17(14-18-6-3-2-4-7-18)26-21(24)23-12-13-25-16-20(23)15-19-8-5-10-22-11-9-19;1-3-2;1-2/h4-8,13-14,16,23H,3,9-12,15H2,1-2H3,(H,24,25);2-4,6-7,15-17,22H,5,8-14H2,1H3;3H,1H2,2H3;1-2H3/b;19-15+;;. The summed E-state index contributed by atoms with van der Waals surface area (Å²) in [5.41, 5.74) is 7.66. The zero-order chi connectivity index (χ0) is 42.0. The van der Waals surface area contributed by atoms with Gasteiger partial charge in [-0.25, -0.2) is 9.59 Å². The van der Waals surface area contributed by atoms with E-state index in [1.807, 2.05) is 102 Å². The zero-order valence-corrected chi connectivity index (χ0v) is 35.8. The molecule has 1 saturated heterocycles. The normalized spacial score (nSPS) is 16.4. The first kappa shape index (κ1) is 47.3. The number of nitrogens with one attached hydrogen (secondary N) is 3. The van der Waals surface area contributed by atoms with E-state index in [0.717, 1.165) is 69.5 Å². The average molecular weight is 797 g/mol. The Morgan fingerprint density at radius 3 is 2.24 bits per heavy atom. The molecule has 3 aliphatic heterocycles. The van der Waals surface area contributed by atoms with Crippen molar-refractivity contribution in [3.05, 3.63) is 131 Å². The third-order valence-corrected chi connectivity index (χ3v) is 9.48. The predicted octanol–water partition coefficient (Wildman–Crippen LogP) is 9.97. The zero-order valence-electron chi connectivity index (χ0n) is 35.8. The van der Waals surface area contributed by atoms with Crippen molar-refractivity contribution in [2.24, 2.45) is 0 Å². The lowest BCUT2D eigenvalue weighted by Gasteiger charge is -2.28. The van der Waals surface area contributed by atoms with E-state index < -0.39 is 6.09 Å². The first-order valence-corrected chi connectivity index (χ1v) is 21.1. The molecule has 3 aliphatic rings. The average Bonchev–Trinajstić information content (AvgIpc) is 3.65. The van der Waals surface area contributed by atoms with Gasteiger partial charge in [0.1, 0.15) is 24.7 Å². The van der Waals surface area contributed by atoms with Crippen LogP contribution in [0.15, 0.2) is 109 Å². The smallest absolute Gasteiger partial charge is 0.414 e. The monoisotopic (exact) mass is 797 g/mol. The van der Waals surface area contributed by atoms with Gasteiger partial charge >= 0.3 is 12.2 Å². The van der Waals surface area contributed by atoms with Gasteiger partial charge < -0.3 is 29.6 Å². The third-order valence-electron chi connectivity index (χ3n) is 9.48. The van der Waals surface area contributed by atoms with Crippen molar-refractivity contribution in [1.29, 1.82) is 0 Å². The largest absolute Gasteiger partial charge is 0.497 e. The Bertz CT molecular complexity index is 1700. The van der Waals surface area contributed by atoms with Gasteiger partial charge in [-0.05, 0) is 120 Å². The first-order valence-electron chi connectivity index (χ1n) is 21.1. The molecule has 316 valence electrons. The number of carbonyl (C=O) groups is 2. The lowest BCUT2D eigenvalue weighted by Crippen LogP contribution is -2.37. The molecule has 0 radical (unpaired) electrons. The molecule has 0 bridgehead atoms. The number of anilines is 1. The Morgan fingerprint density at radius 1 is 0.914 bits per heavy atom. The van der Waals surface area contributed by atoms with Crippen LogP contribution in [-0.2, 0) is 33.5 Å². The number of amides is 2. The van der Waals surface area contributed by atoms with Crippen molar-refractivity contribution < 1.29 is 28.5 Å². The van der Waals surface area contributed by atoms with Gasteiger partial charge in [-0.15, -0.1) is 6.58 Å². The predicted molar refractivity (Wildman–Crippen MR) is 237 cm³/mol. The Kier molecular flexibility index (Phi) is 22.5. The van der Waals surface area contributed by atoms with E-state index in [1.165, 1.54) is 22.3 Å². The maximum Gasteiger partial charge on any atom is 0.414 e. The van der Waals surface area contributed by atoms with Gasteiger partial charge in [0.25, 0.3) is 0 Å². The summed E-state index contributed by atoms with van der Waals surface area (Å²) in [6, 6.07) is 24.2. The minimum Gasteiger partial charge on any atom is -0.497 e.